The molecule has 2 heterocycles. The van der Waals surface area contributed by atoms with E-state index < -0.39 is 23.0 Å². The van der Waals surface area contributed by atoms with E-state index in [0.717, 1.165) is 0 Å². The van der Waals surface area contributed by atoms with Crippen LogP contribution < -0.4 is 16.6 Å². The average molecular weight is 433 g/mol. The Morgan fingerprint density at radius 3 is 2.47 bits per heavy atom. The minimum absolute atomic E-state index is 0.195. The average Bonchev–Trinajstić information content (AvgIpc) is 3.07. The normalized spacial score (nSPS) is 16.4. The molecular formula is C24H20FN3O4. The molecule has 2 N–H and O–H groups in total. The van der Waals surface area contributed by atoms with Gasteiger partial charge in [0.15, 0.2) is 5.78 Å². The van der Waals surface area contributed by atoms with E-state index in [1.165, 1.54) is 16.7 Å². The molecule has 2 aliphatic rings. The van der Waals surface area contributed by atoms with E-state index in [2.05, 4.69) is 10.3 Å². The Morgan fingerprint density at radius 2 is 1.75 bits per heavy atom. The Labute approximate surface area is 182 Å². The third kappa shape index (κ3) is 3.03. The lowest BCUT2D eigenvalue weighted by Gasteiger charge is -2.29. The second-order valence-electron chi connectivity index (χ2n) is 7.79. The maximum absolute atomic E-state index is 13.7. The van der Waals surface area contributed by atoms with Gasteiger partial charge in [0.05, 0.1) is 11.3 Å². The fraction of sp³-hybridized carbons (Fsp3) is 0.208. The van der Waals surface area contributed by atoms with E-state index in [-0.39, 0.29) is 11.3 Å². The predicted octanol–water partition coefficient (Wildman–Crippen LogP) is 2.88. The van der Waals surface area contributed by atoms with Crippen LogP contribution >= 0.6 is 0 Å². The summed E-state index contributed by atoms with van der Waals surface area (Å²) in [6.07, 6.45) is 0.555. The Hall–Kier alpha value is -3.78. The molecule has 32 heavy (non-hydrogen) atoms. The first-order valence-electron chi connectivity index (χ1n) is 10.3. The summed E-state index contributed by atoms with van der Waals surface area (Å²) in [5, 5.41) is 3.22. The first-order chi connectivity index (χ1) is 15.5. The standard InChI is InChI=1S/C24H20FN3O4/c1-32-12-4-11-28-22-19(23(30)27-24(28)31)17(13-7-9-14(25)10-8-13)18-20(26-22)15-5-2-3-6-16(15)21(18)29/h2-3,5-10,17,26H,4,11-12H2,1H3,(H,27,30,31)/t17-/m1/s1. The number of nitrogens with zero attached hydrogens (tertiary/aromatic N) is 1. The molecular weight excluding hydrogens is 413 g/mol. The highest BCUT2D eigenvalue weighted by atomic mass is 19.1. The highest BCUT2D eigenvalue weighted by Crippen LogP contribution is 2.47. The number of halogens is 1. The van der Waals surface area contributed by atoms with Crippen molar-refractivity contribution in [3.8, 4) is 0 Å². The molecule has 1 atom stereocenters. The molecule has 0 bridgehead atoms. The molecule has 1 aromatic heterocycles. The topological polar surface area (TPSA) is 93.2 Å². The van der Waals surface area contributed by atoms with Crippen LogP contribution in [0.4, 0.5) is 10.2 Å². The Bertz CT molecular complexity index is 1390. The van der Waals surface area contributed by atoms with Gasteiger partial charge in [-0.3, -0.25) is 19.1 Å². The van der Waals surface area contributed by atoms with Crippen LogP contribution in [0.2, 0.25) is 0 Å². The predicted molar refractivity (Wildman–Crippen MR) is 117 cm³/mol. The van der Waals surface area contributed by atoms with Gasteiger partial charge in [0.2, 0.25) is 0 Å². The summed E-state index contributed by atoms with van der Waals surface area (Å²) in [4.78, 5) is 41.5. The minimum Gasteiger partial charge on any atom is -0.385 e. The number of carbonyl (C=O) groups is 1. The molecule has 1 aliphatic carbocycles. The number of hydrogen-bond donors (Lipinski definition) is 2. The van der Waals surface area contributed by atoms with Gasteiger partial charge in [0.25, 0.3) is 5.56 Å². The number of methoxy groups -OCH3 is 1. The van der Waals surface area contributed by atoms with Gasteiger partial charge in [-0.05, 0) is 24.1 Å². The quantitative estimate of drug-likeness (QED) is 0.604. The zero-order valence-electron chi connectivity index (χ0n) is 17.3. The van der Waals surface area contributed by atoms with E-state index in [4.69, 9.17) is 4.74 Å². The minimum atomic E-state index is -0.750. The fourth-order valence-corrected chi connectivity index (χ4v) is 4.53. The zero-order valence-corrected chi connectivity index (χ0v) is 17.3. The van der Waals surface area contributed by atoms with Crippen LogP contribution in [0.15, 0.2) is 63.7 Å². The Morgan fingerprint density at radius 1 is 1.03 bits per heavy atom. The lowest BCUT2D eigenvalue weighted by molar-refractivity contribution is 0.103. The van der Waals surface area contributed by atoms with E-state index in [1.54, 1.807) is 31.4 Å². The van der Waals surface area contributed by atoms with E-state index in [0.29, 0.717) is 53.4 Å². The number of hydrogen-bond acceptors (Lipinski definition) is 5. The summed E-state index contributed by atoms with van der Waals surface area (Å²) in [5.41, 5.74) is 1.94. The number of allylic oxidation sites excluding steroid dienone is 1. The smallest absolute Gasteiger partial charge is 0.329 e. The third-order valence-corrected chi connectivity index (χ3v) is 5.94. The largest absolute Gasteiger partial charge is 0.385 e. The highest BCUT2D eigenvalue weighted by Gasteiger charge is 2.42. The number of H-pyrrole nitrogens is 1. The number of anilines is 1. The fourth-order valence-electron chi connectivity index (χ4n) is 4.53. The first kappa shape index (κ1) is 20.1. The lowest BCUT2D eigenvalue weighted by atomic mass is 9.81. The summed E-state index contributed by atoms with van der Waals surface area (Å²) in [6.45, 7) is 0.754. The molecule has 162 valence electrons. The van der Waals surface area contributed by atoms with E-state index in [1.807, 2.05) is 12.1 Å². The van der Waals surface area contributed by atoms with Crippen LogP contribution in [0.25, 0.3) is 5.70 Å². The molecule has 3 aromatic rings. The van der Waals surface area contributed by atoms with Crippen LogP contribution in [0.3, 0.4) is 0 Å². The number of nitrogens with one attached hydrogen (secondary N) is 2. The van der Waals surface area contributed by atoms with Gasteiger partial charge in [-0.25, -0.2) is 9.18 Å². The van der Waals surface area contributed by atoms with Gasteiger partial charge in [-0.15, -0.1) is 0 Å². The van der Waals surface area contributed by atoms with Gasteiger partial charge in [0.1, 0.15) is 11.6 Å². The number of fused-ring (bicyclic) bond motifs is 3. The molecule has 0 fully saturated rings. The molecule has 0 unspecified atom stereocenters. The second kappa shape index (κ2) is 7.72. The van der Waals surface area contributed by atoms with Crippen molar-refractivity contribution in [3.63, 3.8) is 0 Å². The van der Waals surface area contributed by atoms with Crippen LogP contribution in [0, 0.1) is 5.82 Å². The van der Waals surface area contributed by atoms with Crippen molar-refractivity contribution in [3.05, 3.63) is 103 Å². The molecule has 0 saturated heterocycles. The van der Waals surface area contributed by atoms with Crippen molar-refractivity contribution in [2.45, 2.75) is 18.9 Å². The molecule has 7 nitrogen and oxygen atoms in total. The molecule has 0 radical (unpaired) electrons. The third-order valence-electron chi connectivity index (χ3n) is 5.94. The van der Waals surface area contributed by atoms with Crippen molar-refractivity contribution < 1.29 is 13.9 Å². The number of ether oxygens (including phenoxy) is 1. The van der Waals surface area contributed by atoms with Gasteiger partial charge in [-0.2, -0.15) is 0 Å². The zero-order chi connectivity index (χ0) is 22.4. The lowest BCUT2D eigenvalue weighted by Crippen LogP contribution is -2.38. The number of carbonyl (C=O) groups excluding carboxylic acids is 1. The van der Waals surface area contributed by atoms with Crippen LogP contribution in [0.5, 0.6) is 0 Å². The van der Waals surface area contributed by atoms with Gasteiger partial charge < -0.3 is 10.1 Å². The Balaban J connectivity index is 1.78. The number of Topliss-reactive ketones (excluding diaryl/α,β-unsaturated/α-hetero) is 1. The monoisotopic (exact) mass is 433 g/mol. The van der Waals surface area contributed by atoms with Crippen LogP contribution in [-0.4, -0.2) is 29.1 Å². The molecule has 2 aromatic carbocycles. The maximum Gasteiger partial charge on any atom is 0.329 e. The SMILES string of the molecule is COCCCn1c2c(c(=O)[nH]c1=O)[C@H](c1ccc(F)cc1)C1=C(N2)c2ccccc2C1=O. The highest BCUT2D eigenvalue weighted by molar-refractivity contribution is 6.23. The number of benzene rings is 2. The molecule has 5 rings (SSSR count). The summed E-state index contributed by atoms with van der Waals surface area (Å²) in [6, 6.07) is 12.9. The van der Waals surface area contributed by atoms with Crippen LogP contribution in [0.1, 0.15) is 39.4 Å². The number of aromatic amines is 1. The van der Waals surface area contributed by atoms with Crippen molar-refractivity contribution >= 4 is 17.3 Å². The molecule has 0 spiro atoms. The maximum atomic E-state index is 13.7. The van der Waals surface area contributed by atoms with Crippen molar-refractivity contribution in [1.29, 1.82) is 0 Å². The van der Waals surface area contributed by atoms with Crippen molar-refractivity contribution in [1.82, 2.24) is 9.55 Å². The summed E-state index contributed by atoms with van der Waals surface area (Å²) in [7, 11) is 1.58. The van der Waals surface area contributed by atoms with Crippen molar-refractivity contribution in [2.75, 3.05) is 19.0 Å². The molecule has 8 heteroatoms. The van der Waals surface area contributed by atoms with Gasteiger partial charge in [-0.1, -0.05) is 36.4 Å². The molecule has 0 amide bonds. The van der Waals surface area contributed by atoms with Gasteiger partial charge in [0, 0.05) is 42.9 Å². The molecule has 0 saturated carbocycles. The summed E-state index contributed by atoms with van der Waals surface area (Å²) >= 11 is 0. The summed E-state index contributed by atoms with van der Waals surface area (Å²) in [5.74, 6) is -1.02. The number of rotatable bonds is 5. The number of ketones is 1. The Kier molecular flexibility index (Phi) is 4.86. The second-order valence-corrected chi connectivity index (χ2v) is 7.79. The van der Waals surface area contributed by atoms with E-state index in [9.17, 15) is 18.8 Å². The van der Waals surface area contributed by atoms with Crippen LogP contribution in [-0.2, 0) is 11.3 Å². The van der Waals surface area contributed by atoms with E-state index >= 15 is 0 Å². The molecule has 1 aliphatic heterocycles. The van der Waals surface area contributed by atoms with Gasteiger partial charge >= 0.3 is 5.69 Å². The summed E-state index contributed by atoms with van der Waals surface area (Å²) < 4.78 is 20.2. The number of aromatic nitrogens is 2. The van der Waals surface area contributed by atoms with Crippen molar-refractivity contribution in [2.24, 2.45) is 0 Å². The first-order valence-corrected chi connectivity index (χ1v) is 10.3.